The van der Waals surface area contributed by atoms with Gasteiger partial charge in [0.2, 0.25) is 5.89 Å². The average Bonchev–Trinajstić information content (AvgIpc) is 3.05. The molecule has 0 radical (unpaired) electrons. The fourth-order valence-electron chi connectivity index (χ4n) is 2.01. The van der Waals surface area contributed by atoms with Crippen LogP contribution in [0, 0.1) is 17.0 Å². The maximum atomic E-state index is 10.7. The van der Waals surface area contributed by atoms with E-state index in [-0.39, 0.29) is 24.1 Å². The monoisotopic (exact) mass is 345 g/mol. The Morgan fingerprint density at radius 1 is 1.21 bits per heavy atom. The second-order valence-electron chi connectivity index (χ2n) is 5.03. The van der Waals surface area contributed by atoms with Crippen LogP contribution in [0.2, 0.25) is 5.02 Å². The molecule has 0 unspecified atom stereocenters. The number of rotatable bonds is 5. The maximum Gasteiger partial charge on any atom is 0.269 e. The van der Waals surface area contributed by atoms with Crippen LogP contribution in [0.1, 0.15) is 11.5 Å². The summed E-state index contributed by atoms with van der Waals surface area (Å²) < 4.78 is 11.1. The van der Waals surface area contributed by atoms with Gasteiger partial charge in [0.25, 0.3) is 11.6 Å². The van der Waals surface area contributed by atoms with Crippen molar-refractivity contribution in [3.63, 3.8) is 0 Å². The SMILES string of the molecule is Cc1ccc(Cl)c(OCc2nnc(-c3ccc([N+](=O)[O-])cc3)o2)c1. The summed E-state index contributed by atoms with van der Waals surface area (Å²) in [5, 5.41) is 19.0. The third kappa shape index (κ3) is 3.52. The zero-order valence-corrected chi connectivity index (χ0v) is 13.4. The Balaban J connectivity index is 1.71. The lowest BCUT2D eigenvalue weighted by Gasteiger charge is -2.06. The third-order valence-corrected chi connectivity index (χ3v) is 3.54. The zero-order chi connectivity index (χ0) is 17.1. The summed E-state index contributed by atoms with van der Waals surface area (Å²) in [6.07, 6.45) is 0. The van der Waals surface area contributed by atoms with Crippen LogP contribution in [-0.2, 0) is 6.61 Å². The Morgan fingerprint density at radius 3 is 2.67 bits per heavy atom. The number of ether oxygens (including phenoxy) is 1. The van der Waals surface area contributed by atoms with Crippen molar-refractivity contribution in [3.05, 3.63) is 69.1 Å². The molecular weight excluding hydrogens is 334 g/mol. The van der Waals surface area contributed by atoms with E-state index in [1.807, 2.05) is 19.1 Å². The first-order valence-electron chi connectivity index (χ1n) is 6.99. The van der Waals surface area contributed by atoms with Gasteiger partial charge in [0.05, 0.1) is 9.95 Å². The molecule has 1 aromatic heterocycles. The minimum Gasteiger partial charge on any atom is -0.482 e. The van der Waals surface area contributed by atoms with E-state index in [1.165, 1.54) is 12.1 Å². The van der Waals surface area contributed by atoms with E-state index in [0.29, 0.717) is 16.3 Å². The quantitative estimate of drug-likeness (QED) is 0.508. The summed E-state index contributed by atoms with van der Waals surface area (Å²) in [6.45, 7) is 2.01. The topological polar surface area (TPSA) is 91.3 Å². The molecule has 3 aromatic rings. The Kier molecular flexibility index (Phi) is 4.43. The molecule has 24 heavy (non-hydrogen) atoms. The molecule has 0 saturated carbocycles. The van der Waals surface area contributed by atoms with E-state index in [2.05, 4.69) is 10.2 Å². The number of nitro benzene ring substituents is 1. The molecule has 0 amide bonds. The molecule has 0 bridgehead atoms. The second kappa shape index (κ2) is 6.67. The van der Waals surface area contributed by atoms with Crippen LogP contribution in [0.5, 0.6) is 5.75 Å². The van der Waals surface area contributed by atoms with E-state index in [4.69, 9.17) is 20.8 Å². The van der Waals surface area contributed by atoms with Crippen molar-refractivity contribution in [1.29, 1.82) is 0 Å². The first-order valence-corrected chi connectivity index (χ1v) is 7.37. The van der Waals surface area contributed by atoms with Crippen molar-refractivity contribution in [3.8, 4) is 17.2 Å². The number of hydrogen-bond donors (Lipinski definition) is 0. The van der Waals surface area contributed by atoms with E-state index in [0.717, 1.165) is 5.56 Å². The average molecular weight is 346 g/mol. The highest BCUT2D eigenvalue weighted by atomic mass is 35.5. The van der Waals surface area contributed by atoms with Gasteiger partial charge in [-0.3, -0.25) is 10.1 Å². The van der Waals surface area contributed by atoms with Crippen LogP contribution in [0.15, 0.2) is 46.9 Å². The van der Waals surface area contributed by atoms with E-state index in [1.54, 1.807) is 18.2 Å². The van der Waals surface area contributed by atoms with Gasteiger partial charge >= 0.3 is 0 Å². The summed E-state index contributed by atoms with van der Waals surface area (Å²) in [7, 11) is 0. The van der Waals surface area contributed by atoms with Crippen LogP contribution < -0.4 is 4.74 Å². The van der Waals surface area contributed by atoms with Crippen LogP contribution >= 0.6 is 11.6 Å². The fraction of sp³-hybridized carbons (Fsp3) is 0.125. The Morgan fingerprint density at radius 2 is 1.96 bits per heavy atom. The van der Waals surface area contributed by atoms with Gasteiger partial charge in [-0.15, -0.1) is 10.2 Å². The number of halogens is 1. The molecule has 0 spiro atoms. The van der Waals surface area contributed by atoms with Gasteiger partial charge in [0.15, 0.2) is 6.61 Å². The molecule has 0 aliphatic rings. The maximum absolute atomic E-state index is 10.7. The van der Waals surface area contributed by atoms with Gasteiger partial charge < -0.3 is 9.15 Å². The number of nitro groups is 1. The van der Waals surface area contributed by atoms with E-state index < -0.39 is 4.92 Å². The minimum absolute atomic E-state index is 0.00379. The van der Waals surface area contributed by atoms with Crippen LogP contribution in [0.4, 0.5) is 5.69 Å². The first-order chi connectivity index (χ1) is 11.5. The lowest BCUT2D eigenvalue weighted by atomic mass is 10.2. The van der Waals surface area contributed by atoms with Crippen molar-refractivity contribution in [1.82, 2.24) is 10.2 Å². The summed E-state index contributed by atoms with van der Waals surface area (Å²) in [5.74, 6) is 1.08. The molecule has 0 aliphatic carbocycles. The van der Waals surface area contributed by atoms with Gasteiger partial charge in [-0.2, -0.15) is 0 Å². The largest absolute Gasteiger partial charge is 0.482 e. The number of aromatic nitrogens is 2. The lowest BCUT2D eigenvalue weighted by molar-refractivity contribution is -0.384. The molecule has 1 heterocycles. The first kappa shape index (κ1) is 15.9. The number of benzene rings is 2. The Bertz CT molecular complexity index is 877. The summed E-state index contributed by atoms with van der Waals surface area (Å²) in [5.41, 5.74) is 1.61. The zero-order valence-electron chi connectivity index (χ0n) is 12.6. The molecule has 0 aliphatic heterocycles. The second-order valence-corrected chi connectivity index (χ2v) is 5.43. The molecular formula is C16H12ClN3O4. The van der Waals surface area contributed by atoms with Gasteiger partial charge in [-0.05, 0) is 36.8 Å². The third-order valence-electron chi connectivity index (χ3n) is 3.23. The predicted octanol–water partition coefficient (Wildman–Crippen LogP) is 4.19. The normalized spacial score (nSPS) is 10.6. The van der Waals surface area contributed by atoms with E-state index in [9.17, 15) is 10.1 Å². The van der Waals surface area contributed by atoms with E-state index >= 15 is 0 Å². The minimum atomic E-state index is -0.470. The molecule has 0 atom stereocenters. The Labute approximate surface area is 142 Å². The van der Waals surface area contributed by atoms with Gasteiger partial charge in [-0.25, -0.2) is 0 Å². The molecule has 7 nitrogen and oxygen atoms in total. The van der Waals surface area contributed by atoms with Crippen molar-refractivity contribution in [2.24, 2.45) is 0 Å². The van der Waals surface area contributed by atoms with Gasteiger partial charge in [0, 0.05) is 17.7 Å². The smallest absolute Gasteiger partial charge is 0.269 e. The van der Waals surface area contributed by atoms with Crippen molar-refractivity contribution >= 4 is 17.3 Å². The van der Waals surface area contributed by atoms with Gasteiger partial charge in [0.1, 0.15) is 5.75 Å². The number of aryl methyl sites for hydroxylation is 1. The highest BCUT2D eigenvalue weighted by Crippen LogP contribution is 2.26. The highest BCUT2D eigenvalue weighted by Gasteiger charge is 2.12. The van der Waals surface area contributed by atoms with Crippen LogP contribution in [-0.4, -0.2) is 15.1 Å². The highest BCUT2D eigenvalue weighted by molar-refractivity contribution is 6.32. The number of nitrogens with zero attached hydrogens (tertiary/aromatic N) is 3. The van der Waals surface area contributed by atoms with Crippen molar-refractivity contribution in [2.45, 2.75) is 13.5 Å². The number of non-ortho nitro benzene ring substituents is 1. The Hall–Kier alpha value is -2.93. The van der Waals surface area contributed by atoms with Crippen molar-refractivity contribution < 1.29 is 14.1 Å². The number of hydrogen-bond acceptors (Lipinski definition) is 6. The van der Waals surface area contributed by atoms with Crippen LogP contribution in [0.3, 0.4) is 0 Å². The molecule has 3 rings (SSSR count). The van der Waals surface area contributed by atoms with Crippen LogP contribution in [0.25, 0.3) is 11.5 Å². The lowest BCUT2D eigenvalue weighted by Crippen LogP contribution is -1.96. The summed E-state index contributed by atoms with van der Waals surface area (Å²) >= 11 is 6.06. The molecule has 0 N–H and O–H groups in total. The summed E-state index contributed by atoms with van der Waals surface area (Å²) in [4.78, 5) is 10.2. The van der Waals surface area contributed by atoms with Gasteiger partial charge in [-0.1, -0.05) is 17.7 Å². The standard InChI is InChI=1S/C16H12ClN3O4/c1-10-2-7-13(17)14(8-10)23-9-15-18-19-16(24-15)11-3-5-12(6-4-11)20(21)22/h2-8H,9H2,1H3. The summed E-state index contributed by atoms with van der Waals surface area (Å²) in [6, 6.07) is 11.3. The molecule has 0 saturated heterocycles. The molecule has 0 fully saturated rings. The molecule has 2 aromatic carbocycles. The molecule has 8 heteroatoms. The van der Waals surface area contributed by atoms with Crippen molar-refractivity contribution in [2.75, 3.05) is 0 Å². The predicted molar refractivity (Wildman–Crippen MR) is 86.9 cm³/mol. The fourth-order valence-corrected chi connectivity index (χ4v) is 2.19. The molecule has 122 valence electrons.